The first-order valence-electron chi connectivity index (χ1n) is 14.0. The fraction of sp³-hybridized carbons (Fsp3) is 0.333. The number of hydrogen-bond donors (Lipinski definition) is 0. The maximum absolute atomic E-state index is 14.0. The summed E-state index contributed by atoms with van der Waals surface area (Å²) in [7, 11) is 0. The van der Waals surface area contributed by atoms with E-state index in [-0.39, 0.29) is 30.4 Å². The lowest BCUT2D eigenvalue weighted by Crippen LogP contribution is -2.29. The van der Waals surface area contributed by atoms with Gasteiger partial charge in [-0.3, -0.25) is 9.59 Å². The van der Waals surface area contributed by atoms with Crippen molar-refractivity contribution in [3.8, 4) is 23.0 Å². The van der Waals surface area contributed by atoms with E-state index in [1.54, 1.807) is 17.0 Å². The highest BCUT2D eigenvalue weighted by atomic mass is 16.7. The number of fused-ring (bicyclic) bond motifs is 3. The molecule has 4 aromatic rings. The predicted molar refractivity (Wildman–Crippen MR) is 154 cm³/mol. The summed E-state index contributed by atoms with van der Waals surface area (Å²) < 4.78 is 29.2. The van der Waals surface area contributed by atoms with Gasteiger partial charge in [-0.25, -0.2) is 0 Å². The zero-order valence-electron chi connectivity index (χ0n) is 23.7. The Labute approximate surface area is 238 Å². The van der Waals surface area contributed by atoms with E-state index in [2.05, 4.69) is 13.8 Å². The fourth-order valence-corrected chi connectivity index (χ4v) is 5.37. The van der Waals surface area contributed by atoms with Crippen LogP contribution in [0.1, 0.15) is 66.0 Å². The van der Waals surface area contributed by atoms with Crippen LogP contribution in [0.2, 0.25) is 0 Å². The quantitative estimate of drug-likeness (QED) is 0.236. The summed E-state index contributed by atoms with van der Waals surface area (Å²) in [5.74, 6) is 2.70. The van der Waals surface area contributed by atoms with Gasteiger partial charge in [0.2, 0.25) is 12.6 Å². The Morgan fingerprint density at radius 2 is 1.78 bits per heavy atom. The third-order valence-electron chi connectivity index (χ3n) is 7.45. The second-order valence-corrected chi connectivity index (χ2v) is 10.9. The lowest BCUT2D eigenvalue weighted by Gasteiger charge is -2.26. The maximum atomic E-state index is 14.0. The Hall–Kier alpha value is -4.46. The summed E-state index contributed by atoms with van der Waals surface area (Å²) in [6.45, 7) is 9.53. The van der Waals surface area contributed by atoms with Gasteiger partial charge in [-0.1, -0.05) is 37.6 Å². The minimum Gasteiger partial charge on any atom is -0.490 e. The van der Waals surface area contributed by atoms with Crippen LogP contribution >= 0.6 is 0 Å². The third-order valence-corrected chi connectivity index (χ3v) is 7.45. The highest BCUT2D eigenvalue weighted by Gasteiger charge is 2.43. The van der Waals surface area contributed by atoms with E-state index in [4.69, 9.17) is 23.4 Å². The number of carbonyl (C=O) groups is 1. The summed E-state index contributed by atoms with van der Waals surface area (Å²) in [5, 5.41) is 0.449. The molecule has 0 saturated carbocycles. The van der Waals surface area contributed by atoms with Crippen LogP contribution in [-0.2, 0) is 6.54 Å². The molecule has 8 heteroatoms. The monoisotopic (exact) mass is 555 g/mol. The van der Waals surface area contributed by atoms with E-state index in [0.717, 1.165) is 23.1 Å². The zero-order chi connectivity index (χ0) is 28.7. The van der Waals surface area contributed by atoms with Crippen molar-refractivity contribution in [1.82, 2.24) is 4.90 Å². The molecular formula is C33H33NO7. The van der Waals surface area contributed by atoms with Crippen molar-refractivity contribution in [1.29, 1.82) is 0 Å². The molecule has 3 heterocycles. The molecule has 1 aromatic heterocycles. The molecule has 0 aliphatic carbocycles. The van der Waals surface area contributed by atoms with Crippen LogP contribution < -0.4 is 24.4 Å². The lowest BCUT2D eigenvalue weighted by atomic mass is 9.97. The summed E-state index contributed by atoms with van der Waals surface area (Å²) in [5.41, 5.74) is 3.00. The van der Waals surface area contributed by atoms with E-state index in [1.807, 2.05) is 56.3 Å². The predicted octanol–water partition coefficient (Wildman–Crippen LogP) is 6.40. The Kier molecular flexibility index (Phi) is 7.07. The van der Waals surface area contributed by atoms with Crippen molar-refractivity contribution in [2.24, 2.45) is 5.92 Å². The van der Waals surface area contributed by atoms with E-state index in [0.29, 0.717) is 58.7 Å². The normalized spacial score (nSPS) is 15.6. The molecular weight excluding hydrogens is 522 g/mol. The number of nitrogens with zero attached hydrogens (tertiary/aromatic N) is 1. The van der Waals surface area contributed by atoms with Crippen LogP contribution in [0.15, 0.2) is 63.8 Å². The third kappa shape index (κ3) is 4.99. The minimum atomic E-state index is -0.687. The molecule has 0 fully saturated rings. The van der Waals surface area contributed by atoms with Crippen LogP contribution in [0.3, 0.4) is 0 Å². The smallest absolute Gasteiger partial charge is 0.291 e. The summed E-state index contributed by atoms with van der Waals surface area (Å²) in [6.07, 6.45) is 0.911. The highest BCUT2D eigenvalue weighted by molar-refractivity contribution is 5.99. The largest absolute Gasteiger partial charge is 0.490 e. The molecule has 0 N–H and O–H groups in total. The average molecular weight is 556 g/mol. The first-order valence-corrected chi connectivity index (χ1v) is 14.0. The lowest BCUT2D eigenvalue weighted by molar-refractivity contribution is 0.0714. The van der Waals surface area contributed by atoms with E-state index in [9.17, 15) is 9.59 Å². The molecule has 0 radical (unpaired) electrons. The molecule has 0 unspecified atom stereocenters. The van der Waals surface area contributed by atoms with Crippen molar-refractivity contribution < 1.29 is 28.2 Å². The number of amides is 1. The molecule has 1 atom stereocenters. The Bertz CT molecular complexity index is 1690. The molecule has 6 rings (SSSR count). The standard InChI is InChI=1S/C33H33NO7/c1-5-37-28-16-22(8-11-25(28)38-13-12-19(2)3)30-29-31(35)23-14-20(4)6-9-24(23)41-32(29)33(36)34(30)17-21-7-10-26-27(15-21)40-18-39-26/h6-11,14-16,19,30H,5,12-13,17-18H2,1-4H3/t30-/m1/s1. The van der Waals surface area contributed by atoms with Gasteiger partial charge < -0.3 is 28.3 Å². The molecule has 0 spiro atoms. The first-order chi connectivity index (χ1) is 19.8. The first kappa shape index (κ1) is 26.7. The van der Waals surface area contributed by atoms with E-state index in [1.165, 1.54) is 0 Å². The molecule has 0 saturated heterocycles. The molecule has 3 aromatic carbocycles. The molecule has 2 aliphatic rings. The summed E-state index contributed by atoms with van der Waals surface area (Å²) in [6, 6.07) is 15.9. The van der Waals surface area contributed by atoms with Crippen LogP contribution in [0.4, 0.5) is 0 Å². The molecule has 1 amide bonds. The van der Waals surface area contributed by atoms with Crippen molar-refractivity contribution in [2.75, 3.05) is 20.0 Å². The van der Waals surface area contributed by atoms with Crippen molar-refractivity contribution in [3.63, 3.8) is 0 Å². The topological polar surface area (TPSA) is 87.4 Å². The van der Waals surface area contributed by atoms with Gasteiger partial charge in [0.05, 0.1) is 30.2 Å². The van der Waals surface area contributed by atoms with Crippen LogP contribution in [0, 0.1) is 12.8 Å². The van der Waals surface area contributed by atoms with Crippen LogP contribution in [0.25, 0.3) is 11.0 Å². The van der Waals surface area contributed by atoms with Gasteiger partial charge in [0, 0.05) is 6.54 Å². The summed E-state index contributed by atoms with van der Waals surface area (Å²) >= 11 is 0. The SMILES string of the molecule is CCOc1cc([C@@H]2c3c(oc4ccc(C)cc4c3=O)C(=O)N2Cc2ccc3c(c2)OCO3)ccc1OCCC(C)C. The van der Waals surface area contributed by atoms with Crippen molar-refractivity contribution in [2.45, 2.75) is 46.7 Å². The number of hydrogen-bond acceptors (Lipinski definition) is 7. The molecule has 2 aliphatic heterocycles. The van der Waals surface area contributed by atoms with Crippen molar-refractivity contribution in [3.05, 3.63) is 92.8 Å². The number of benzene rings is 3. The van der Waals surface area contributed by atoms with E-state index < -0.39 is 6.04 Å². The van der Waals surface area contributed by atoms with Gasteiger partial charge in [0.15, 0.2) is 28.4 Å². The van der Waals surface area contributed by atoms with Gasteiger partial charge in [-0.2, -0.15) is 0 Å². The average Bonchev–Trinajstić information content (AvgIpc) is 3.52. The van der Waals surface area contributed by atoms with Crippen molar-refractivity contribution >= 4 is 16.9 Å². The zero-order valence-corrected chi connectivity index (χ0v) is 23.7. The second kappa shape index (κ2) is 10.8. The number of carbonyl (C=O) groups excluding carboxylic acids is 1. The van der Waals surface area contributed by atoms with Crippen LogP contribution in [0.5, 0.6) is 23.0 Å². The van der Waals surface area contributed by atoms with Gasteiger partial charge in [0.1, 0.15) is 5.58 Å². The van der Waals surface area contributed by atoms with Gasteiger partial charge in [-0.15, -0.1) is 0 Å². The number of rotatable bonds is 9. The van der Waals surface area contributed by atoms with Gasteiger partial charge in [-0.05, 0) is 73.7 Å². The molecule has 0 bridgehead atoms. The Morgan fingerprint density at radius 3 is 2.59 bits per heavy atom. The number of aryl methyl sites for hydroxylation is 1. The molecule has 8 nitrogen and oxygen atoms in total. The fourth-order valence-electron chi connectivity index (χ4n) is 5.37. The van der Waals surface area contributed by atoms with Gasteiger partial charge in [0.25, 0.3) is 5.91 Å². The maximum Gasteiger partial charge on any atom is 0.291 e. The summed E-state index contributed by atoms with van der Waals surface area (Å²) in [4.78, 5) is 29.6. The van der Waals surface area contributed by atoms with E-state index >= 15 is 0 Å². The highest BCUT2D eigenvalue weighted by Crippen LogP contribution is 2.42. The Morgan fingerprint density at radius 1 is 0.951 bits per heavy atom. The Balaban J connectivity index is 1.46. The molecule has 41 heavy (non-hydrogen) atoms. The second-order valence-electron chi connectivity index (χ2n) is 10.9. The number of ether oxygens (including phenoxy) is 4. The minimum absolute atomic E-state index is 0.0623. The van der Waals surface area contributed by atoms with Gasteiger partial charge >= 0.3 is 0 Å². The molecule has 212 valence electrons. The van der Waals surface area contributed by atoms with Crippen LogP contribution in [-0.4, -0.2) is 30.8 Å².